The molecule has 10 heteroatoms. The van der Waals surface area contributed by atoms with Crippen LogP contribution >= 0.6 is 0 Å². The lowest BCUT2D eigenvalue weighted by molar-refractivity contribution is -0.140. The van der Waals surface area contributed by atoms with Gasteiger partial charge in [-0.2, -0.15) is 13.2 Å². The van der Waals surface area contributed by atoms with E-state index in [1.165, 1.54) is 33.5 Å². The van der Waals surface area contributed by atoms with Crippen molar-refractivity contribution in [1.29, 1.82) is 0 Å². The van der Waals surface area contributed by atoms with Crippen LogP contribution in [0.5, 0.6) is 17.2 Å². The molecule has 0 saturated carbocycles. The monoisotopic (exact) mass is 351 g/mol. The van der Waals surface area contributed by atoms with Gasteiger partial charge in [-0.05, 0) is 12.1 Å². The van der Waals surface area contributed by atoms with Crippen molar-refractivity contribution in [2.45, 2.75) is 6.18 Å². The smallest absolute Gasteiger partial charge is 0.405 e. The Morgan fingerprint density at radius 2 is 1.67 bits per heavy atom. The Morgan fingerprint density at radius 3 is 2.17 bits per heavy atom. The lowest BCUT2D eigenvalue weighted by atomic mass is 10.1. The Balaban J connectivity index is 2.80. The minimum atomic E-state index is -4.55. The van der Waals surface area contributed by atoms with E-state index in [0.29, 0.717) is 5.75 Å². The number of benzene rings is 1. The van der Waals surface area contributed by atoms with Crippen LogP contribution in [0.2, 0.25) is 0 Å². The van der Waals surface area contributed by atoms with E-state index >= 15 is 0 Å². The summed E-state index contributed by atoms with van der Waals surface area (Å²) in [7, 11) is 4.00. The maximum Gasteiger partial charge on any atom is 0.405 e. The summed E-state index contributed by atoms with van der Waals surface area (Å²) >= 11 is 0. The van der Waals surface area contributed by atoms with Crippen LogP contribution < -0.4 is 19.5 Å². The number of esters is 1. The fraction of sp³-hybridized carbons (Fsp3) is 0.429. The zero-order valence-electron chi connectivity index (χ0n) is 13.2. The van der Waals surface area contributed by atoms with E-state index in [0.717, 1.165) is 0 Å². The standard InChI is InChI=1S/C14H16F3NO6/c1-21-9-5-4-8(11(22-2)12(9)23-3)13(20)24-6-10(19)18-7-14(15,16)17/h4-5H,6-7H2,1-3H3,(H,18,19). The molecule has 0 spiro atoms. The highest BCUT2D eigenvalue weighted by molar-refractivity contribution is 5.95. The maximum atomic E-state index is 12.0. The number of hydrogen-bond donors (Lipinski definition) is 1. The number of alkyl halides is 3. The molecule has 0 aliphatic rings. The molecule has 1 rings (SSSR count). The summed E-state index contributed by atoms with van der Waals surface area (Å²) in [6.45, 7) is -2.38. The minimum absolute atomic E-state index is 0.0116. The number of carbonyl (C=O) groups is 2. The second kappa shape index (κ2) is 8.27. The van der Waals surface area contributed by atoms with Gasteiger partial charge in [0, 0.05) is 0 Å². The lowest BCUT2D eigenvalue weighted by Gasteiger charge is -2.15. The van der Waals surface area contributed by atoms with Crippen LogP contribution in [0.3, 0.4) is 0 Å². The molecule has 1 amide bonds. The van der Waals surface area contributed by atoms with Gasteiger partial charge in [-0.25, -0.2) is 4.79 Å². The topological polar surface area (TPSA) is 83.1 Å². The van der Waals surface area contributed by atoms with Crippen LogP contribution in [0, 0.1) is 0 Å². The molecule has 0 unspecified atom stereocenters. The zero-order chi connectivity index (χ0) is 18.3. The number of methoxy groups -OCH3 is 3. The van der Waals surface area contributed by atoms with Crippen molar-refractivity contribution < 1.29 is 41.7 Å². The average molecular weight is 351 g/mol. The Morgan fingerprint density at radius 1 is 1.04 bits per heavy atom. The average Bonchev–Trinajstić information content (AvgIpc) is 2.55. The minimum Gasteiger partial charge on any atom is -0.493 e. The van der Waals surface area contributed by atoms with Gasteiger partial charge < -0.3 is 24.3 Å². The first-order valence-electron chi connectivity index (χ1n) is 6.53. The molecule has 1 aromatic carbocycles. The number of ether oxygens (including phenoxy) is 4. The SMILES string of the molecule is COc1ccc(C(=O)OCC(=O)NCC(F)(F)F)c(OC)c1OC. The predicted molar refractivity (Wildman–Crippen MR) is 75.4 cm³/mol. The number of hydrogen-bond acceptors (Lipinski definition) is 6. The van der Waals surface area contributed by atoms with E-state index in [2.05, 4.69) is 4.74 Å². The van der Waals surface area contributed by atoms with Crippen molar-refractivity contribution in [3.8, 4) is 17.2 Å². The molecule has 0 atom stereocenters. The molecule has 0 aliphatic heterocycles. The van der Waals surface area contributed by atoms with Crippen LogP contribution in [0.1, 0.15) is 10.4 Å². The normalized spacial score (nSPS) is 10.8. The van der Waals surface area contributed by atoms with Gasteiger partial charge in [0.1, 0.15) is 12.1 Å². The van der Waals surface area contributed by atoms with Crippen LogP contribution in [0.25, 0.3) is 0 Å². The van der Waals surface area contributed by atoms with E-state index in [-0.39, 0.29) is 17.1 Å². The predicted octanol–water partition coefficient (Wildman–Crippen LogP) is 1.55. The molecule has 7 nitrogen and oxygen atoms in total. The van der Waals surface area contributed by atoms with Crippen molar-refractivity contribution >= 4 is 11.9 Å². The number of nitrogens with one attached hydrogen (secondary N) is 1. The zero-order valence-corrected chi connectivity index (χ0v) is 13.2. The van der Waals surface area contributed by atoms with Gasteiger partial charge in [-0.15, -0.1) is 0 Å². The first kappa shape index (κ1) is 19.4. The molecule has 0 aliphatic carbocycles. The van der Waals surface area contributed by atoms with E-state index < -0.39 is 31.2 Å². The second-order valence-corrected chi connectivity index (χ2v) is 4.35. The third kappa shape index (κ3) is 5.21. The molecule has 1 aromatic rings. The number of amides is 1. The maximum absolute atomic E-state index is 12.0. The van der Waals surface area contributed by atoms with E-state index in [9.17, 15) is 22.8 Å². The van der Waals surface area contributed by atoms with Gasteiger partial charge in [0.25, 0.3) is 5.91 Å². The Labute approximate surface area is 135 Å². The van der Waals surface area contributed by atoms with Crippen LogP contribution in [0.4, 0.5) is 13.2 Å². The molecule has 0 saturated heterocycles. The van der Waals surface area contributed by atoms with Gasteiger partial charge in [0.15, 0.2) is 18.1 Å². The van der Waals surface area contributed by atoms with Gasteiger partial charge in [0.05, 0.1) is 21.3 Å². The summed E-state index contributed by atoms with van der Waals surface area (Å²) in [5, 5.41) is 1.58. The van der Waals surface area contributed by atoms with Crippen molar-refractivity contribution in [1.82, 2.24) is 5.32 Å². The molecular formula is C14H16F3NO6. The van der Waals surface area contributed by atoms with Gasteiger partial charge in [-0.3, -0.25) is 4.79 Å². The Hall–Kier alpha value is -2.65. The highest BCUT2D eigenvalue weighted by Gasteiger charge is 2.28. The number of rotatable bonds is 7. The molecule has 0 bridgehead atoms. The first-order valence-corrected chi connectivity index (χ1v) is 6.53. The van der Waals surface area contributed by atoms with Crippen molar-refractivity contribution in [3.05, 3.63) is 17.7 Å². The lowest BCUT2D eigenvalue weighted by Crippen LogP contribution is -2.36. The quantitative estimate of drug-likeness (QED) is 0.751. The summed E-state index contributed by atoms with van der Waals surface area (Å²) < 4.78 is 55.8. The molecule has 0 aromatic heterocycles. The van der Waals surface area contributed by atoms with Crippen LogP contribution in [-0.2, 0) is 9.53 Å². The van der Waals surface area contributed by atoms with Gasteiger partial charge in [0.2, 0.25) is 5.75 Å². The molecule has 134 valence electrons. The molecule has 1 N–H and O–H groups in total. The first-order chi connectivity index (χ1) is 11.2. The largest absolute Gasteiger partial charge is 0.493 e. The summed E-state index contributed by atoms with van der Waals surface area (Å²) in [6.07, 6.45) is -4.55. The molecule has 0 radical (unpaired) electrons. The third-order valence-electron chi connectivity index (χ3n) is 2.74. The fourth-order valence-electron chi connectivity index (χ4n) is 1.72. The van der Waals surface area contributed by atoms with Crippen molar-refractivity contribution in [3.63, 3.8) is 0 Å². The van der Waals surface area contributed by atoms with Crippen LogP contribution in [0.15, 0.2) is 12.1 Å². The summed E-state index contributed by atoms with van der Waals surface area (Å²) in [4.78, 5) is 23.2. The molecule has 24 heavy (non-hydrogen) atoms. The summed E-state index contributed by atoms with van der Waals surface area (Å²) in [5.74, 6) is -1.60. The summed E-state index contributed by atoms with van der Waals surface area (Å²) in [5.41, 5.74) is -0.0706. The highest BCUT2D eigenvalue weighted by Crippen LogP contribution is 2.39. The Bertz CT molecular complexity index is 603. The van der Waals surface area contributed by atoms with E-state index in [1.54, 1.807) is 5.32 Å². The fourth-order valence-corrected chi connectivity index (χ4v) is 1.72. The second-order valence-electron chi connectivity index (χ2n) is 4.35. The Kier molecular flexibility index (Phi) is 6.69. The van der Waals surface area contributed by atoms with Crippen molar-refractivity contribution in [2.24, 2.45) is 0 Å². The van der Waals surface area contributed by atoms with Crippen LogP contribution in [-0.4, -0.2) is 52.5 Å². The number of carbonyl (C=O) groups excluding carboxylic acids is 2. The molecular weight excluding hydrogens is 335 g/mol. The highest BCUT2D eigenvalue weighted by atomic mass is 19.4. The third-order valence-corrected chi connectivity index (χ3v) is 2.74. The van der Waals surface area contributed by atoms with Gasteiger partial charge >= 0.3 is 12.1 Å². The summed E-state index contributed by atoms with van der Waals surface area (Å²) in [6, 6.07) is 2.73. The molecule has 0 fully saturated rings. The van der Waals surface area contributed by atoms with Crippen molar-refractivity contribution in [2.75, 3.05) is 34.5 Å². The van der Waals surface area contributed by atoms with E-state index in [4.69, 9.17) is 14.2 Å². The molecule has 0 heterocycles. The van der Waals surface area contributed by atoms with Gasteiger partial charge in [-0.1, -0.05) is 0 Å². The number of halogens is 3. The van der Waals surface area contributed by atoms with E-state index in [1.807, 2.05) is 0 Å².